The van der Waals surface area contributed by atoms with Gasteiger partial charge in [-0.3, -0.25) is 10.6 Å². The van der Waals surface area contributed by atoms with E-state index < -0.39 is 5.41 Å². The quantitative estimate of drug-likeness (QED) is 0.621. The summed E-state index contributed by atoms with van der Waals surface area (Å²) in [7, 11) is 0. The van der Waals surface area contributed by atoms with Crippen LogP contribution in [-0.4, -0.2) is 23.9 Å². The first-order valence-corrected chi connectivity index (χ1v) is 6.33. The Balaban J connectivity index is 3.00. The van der Waals surface area contributed by atoms with Crippen LogP contribution in [0.3, 0.4) is 0 Å². The number of amides is 1. The topological polar surface area (TPSA) is 58.4 Å². The molecule has 0 heterocycles. The standard InChI is InChI=1S/C14H23N3O/c1-5-17(6-2)13(18)14(3,4)11-7-9-12(16-15)10-8-11/h7-10,16H,5-6,15H2,1-4H3. The van der Waals surface area contributed by atoms with Gasteiger partial charge in [0.05, 0.1) is 5.41 Å². The Bertz CT molecular complexity index is 394. The van der Waals surface area contributed by atoms with Crippen LogP contribution in [0.2, 0.25) is 0 Å². The number of anilines is 1. The Kier molecular flexibility index (Phi) is 4.73. The van der Waals surface area contributed by atoms with E-state index in [1.54, 1.807) is 0 Å². The summed E-state index contributed by atoms with van der Waals surface area (Å²) in [5, 5.41) is 0. The molecule has 1 aromatic rings. The maximum absolute atomic E-state index is 12.5. The Morgan fingerprint density at radius 2 is 1.72 bits per heavy atom. The van der Waals surface area contributed by atoms with E-state index in [1.165, 1.54) is 0 Å². The van der Waals surface area contributed by atoms with Gasteiger partial charge in [0, 0.05) is 18.8 Å². The minimum Gasteiger partial charge on any atom is -0.343 e. The molecule has 100 valence electrons. The number of nitrogen functional groups attached to an aromatic ring is 1. The van der Waals surface area contributed by atoms with Gasteiger partial charge in [-0.15, -0.1) is 0 Å². The highest BCUT2D eigenvalue weighted by Gasteiger charge is 2.32. The lowest BCUT2D eigenvalue weighted by Gasteiger charge is -2.31. The SMILES string of the molecule is CCN(CC)C(=O)C(C)(C)c1ccc(NN)cc1. The molecule has 0 atom stereocenters. The fourth-order valence-corrected chi connectivity index (χ4v) is 2.01. The molecule has 3 N–H and O–H groups in total. The van der Waals surface area contributed by atoms with Crippen LogP contribution in [0.4, 0.5) is 5.69 Å². The lowest BCUT2D eigenvalue weighted by atomic mass is 9.83. The number of benzene rings is 1. The van der Waals surface area contributed by atoms with E-state index in [9.17, 15) is 4.79 Å². The highest BCUT2D eigenvalue weighted by atomic mass is 16.2. The van der Waals surface area contributed by atoms with Crippen LogP contribution in [-0.2, 0) is 10.2 Å². The molecule has 18 heavy (non-hydrogen) atoms. The summed E-state index contributed by atoms with van der Waals surface area (Å²) in [5.41, 5.74) is 3.91. The monoisotopic (exact) mass is 249 g/mol. The fraction of sp³-hybridized carbons (Fsp3) is 0.500. The molecule has 0 aromatic heterocycles. The zero-order valence-electron chi connectivity index (χ0n) is 11.7. The van der Waals surface area contributed by atoms with Gasteiger partial charge in [0.2, 0.25) is 5.91 Å². The lowest BCUT2D eigenvalue weighted by Crippen LogP contribution is -2.43. The predicted octanol–water partition coefficient (Wildman–Crippen LogP) is 2.12. The second kappa shape index (κ2) is 5.87. The predicted molar refractivity (Wildman–Crippen MR) is 75.2 cm³/mol. The molecule has 0 saturated heterocycles. The summed E-state index contributed by atoms with van der Waals surface area (Å²) in [6.07, 6.45) is 0. The van der Waals surface area contributed by atoms with Gasteiger partial charge in [-0.2, -0.15) is 0 Å². The molecule has 0 unspecified atom stereocenters. The van der Waals surface area contributed by atoms with E-state index in [0.29, 0.717) is 0 Å². The average molecular weight is 249 g/mol. The summed E-state index contributed by atoms with van der Waals surface area (Å²) < 4.78 is 0. The maximum atomic E-state index is 12.5. The first-order chi connectivity index (χ1) is 8.47. The molecular weight excluding hydrogens is 226 g/mol. The first-order valence-electron chi connectivity index (χ1n) is 6.33. The Morgan fingerprint density at radius 3 is 2.11 bits per heavy atom. The molecular formula is C14H23N3O. The van der Waals surface area contributed by atoms with Gasteiger partial charge >= 0.3 is 0 Å². The number of hydrazine groups is 1. The highest BCUT2D eigenvalue weighted by Crippen LogP contribution is 2.26. The van der Waals surface area contributed by atoms with Crippen LogP contribution in [0.25, 0.3) is 0 Å². The number of likely N-dealkylation sites (N-methyl/N-ethyl adjacent to an activating group) is 1. The van der Waals surface area contributed by atoms with Gasteiger partial charge in [0.15, 0.2) is 0 Å². The third-order valence-electron chi connectivity index (χ3n) is 3.36. The van der Waals surface area contributed by atoms with Crippen LogP contribution < -0.4 is 11.3 Å². The summed E-state index contributed by atoms with van der Waals surface area (Å²) in [4.78, 5) is 14.3. The van der Waals surface area contributed by atoms with Gasteiger partial charge in [0.25, 0.3) is 0 Å². The van der Waals surface area contributed by atoms with Gasteiger partial charge in [-0.05, 0) is 45.4 Å². The summed E-state index contributed by atoms with van der Waals surface area (Å²) in [6, 6.07) is 7.65. The van der Waals surface area contributed by atoms with E-state index in [1.807, 2.05) is 56.9 Å². The fourth-order valence-electron chi connectivity index (χ4n) is 2.01. The summed E-state index contributed by atoms with van der Waals surface area (Å²) in [6.45, 7) is 9.39. The molecule has 0 spiro atoms. The number of hydrogen-bond donors (Lipinski definition) is 2. The van der Waals surface area contributed by atoms with Crippen molar-refractivity contribution in [1.29, 1.82) is 0 Å². The minimum absolute atomic E-state index is 0.154. The van der Waals surface area contributed by atoms with Crippen molar-refractivity contribution >= 4 is 11.6 Å². The molecule has 0 saturated carbocycles. The molecule has 1 amide bonds. The van der Waals surface area contributed by atoms with E-state index in [2.05, 4.69) is 5.43 Å². The first kappa shape index (κ1) is 14.5. The largest absolute Gasteiger partial charge is 0.343 e. The second-order valence-electron chi connectivity index (χ2n) is 4.82. The molecule has 0 radical (unpaired) electrons. The smallest absolute Gasteiger partial charge is 0.232 e. The third kappa shape index (κ3) is 2.82. The number of nitrogens with two attached hydrogens (primary N) is 1. The van der Waals surface area contributed by atoms with E-state index >= 15 is 0 Å². The molecule has 0 aliphatic rings. The van der Waals surface area contributed by atoms with Crippen molar-refractivity contribution in [3.05, 3.63) is 29.8 Å². The van der Waals surface area contributed by atoms with Crippen molar-refractivity contribution in [2.45, 2.75) is 33.1 Å². The average Bonchev–Trinajstić information content (AvgIpc) is 2.40. The van der Waals surface area contributed by atoms with Crippen LogP contribution in [0.15, 0.2) is 24.3 Å². The Labute approximate surface area is 109 Å². The van der Waals surface area contributed by atoms with Crippen molar-refractivity contribution in [2.24, 2.45) is 5.84 Å². The minimum atomic E-state index is -0.515. The van der Waals surface area contributed by atoms with Crippen LogP contribution in [0.5, 0.6) is 0 Å². The van der Waals surface area contributed by atoms with Crippen molar-refractivity contribution in [1.82, 2.24) is 4.90 Å². The third-order valence-corrected chi connectivity index (χ3v) is 3.36. The normalized spacial score (nSPS) is 11.2. The van der Waals surface area contributed by atoms with Crippen LogP contribution in [0.1, 0.15) is 33.3 Å². The van der Waals surface area contributed by atoms with Crippen molar-refractivity contribution in [3.63, 3.8) is 0 Å². The molecule has 0 aliphatic heterocycles. The Hall–Kier alpha value is -1.55. The number of nitrogens with one attached hydrogen (secondary N) is 1. The van der Waals surface area contributed by atoms with Crippen molar-refractivity contribution < 1.29 is 4.79 Å². The molecule has 0 fully saturated rings. The van der Waals surface area contributed by atoms with E-state index in [4.69, 9.17) is 5.84 Å². The van der Waals surface area contributed by atoms with Crippen molar-refractivity contribution in [3.8, 4) is 0 Å². The summed E-state index contributed by atoms with van der Waals surface area (Å²) >= 11 is 0. The zero-order chi connectivity index (χ0) is 13.8. The second-order valence-corrected chi connectivity index (χ2v) is 4.82. The molecule has 1 rings (SSSR count). The van der Waals surface area contributed by atoms with Gasteiger partial charge in [-0.1, -0.05) is 12.1 Å². The molecule has 0 aliphatic carbocycles. The van der Waals surface area contributed by atoms with E-state index in [-0.39, 0.29) is 5.91 Å². The molecule has 1 aromatic carbocycles. The number of carbonyl (C=O) groups is 1. The van der Waals surface area contributed by atoms with Gasteiger partial charge in [-0.25, -0.2) is 0 Å². The number of rotatable bonds is 5. The highest BCUT2D eigenvalue weighted by molar-refractivity contribution is 5.87. The number of hydrogen-bond acceptors (Lipinski definition) is 3. The molecule has 4 nitrogen and oxygen atoms in total. The van der Waals surface area contributed by atoms with Crippen LogP contribution >= 0.6 is 0 Å². The molecule has 4 heteroatoms. The Morgan fingerprint density at radius 1 is 1.22 bits per heavy atom. The summed E-state index contributed by atoms with van der Waals surface area (Å²) in [5.74, 6) is 5.49. The van der Waals surface area contributed by atoms with Gasteiger partial charge in [0.1, 0.15) is 0 Å². The maximum Gasteiger partial charge on any atom is 0.232 e. The lowest BCUT2D eigenvalue weighted by molar-refractivity contribution is -0.135. The zero-order valence-corrected chi connectivity index (χ0v) is 11.7. The number of nitrogens with zero attached hydrogens (tertiary/aromatic N) is 1. The van der Waals surface area contributed by atoms with Crippen molar-refractivity contribution in [2.75, 3.05) is 18.5 Å². The van der Waals surface area contributed by atoms with E-state index in [0.717, 1.165) is 24.3 Å². The van der Waals surface area contributed by atoms with Gasteiger partial charge < -0.3 is 10.3 Å². The molecule has 0 bridgehead atoms. The van der Waals surface area contributed by atoms with Crippen LogP contribution in [0, 0.1) is 0 Å². The number of carbonyl (C=O) groups excluding carboxylic acids is 1.